The average molecular weight is 605 g/mol. The molecule has 0 amide bonds. The second-order valence-corrected chi connectivity index (χ2v) is 11.8. The second kappa shape index (κ2) is 16.1. The van der Waals surface area contributed by atoms with Gasteiger partial charge in [0.25, 0.3) is 0 Å². The molecule has 8 nitrogen and oxygen atoms in total. The Hall–Kier alpha value is -3.17. The molecule has 4 atom stereocenters. The number of rotatable bonds is 16. The highest BCUT2D eigenvalue weighted by molar-refractivity contribution is 7.48. The van der Waals surface area contributed by atoms with E-state index in [-0.39, 0.29) is 26.4 Å². The highest BCUT2D eigenvalue weighted by atomic mass is 31.2. The van der Waals surface area contributed by atoms with Crippen molar-refractivity contribution >= 4 is 7.82 Å². The summed E-state index contributed by atoms with van der Waals surface area (Å²) >= 11 is 0. The van der Waals surface area contributed by atoms with Gasteiger partial charge in [-0.15, -0.1) is 0 Å². The molecule has 0 aliphatic carbocycles. The molecule has 5 rings (SSSR count). The SMILES string of the molecule is O=P(OCc1ccccc1)(OCc1ccccc1)OCC1OC(CO)C(OCc2ccccc2)C1OCc1ccccc1. The van der Waals surface area contributed by atoms with Crippen molar-refractivity contribution in [2.24, 2.45) is 0 Å². The summed E-state index contributed by atoms with van der Waals surface area (Å²) in [5, 5.41) is 10.2. The van der Waals surface area contributed by atoms with Crippen LogP contribution in [0.1, 0.15) is 22.3 Å². The third-order valence-corrected chi connectivity index (χ3v) is 8.37. The minimum atomic E-state index is -4.06. The average Bonchev–Trinajstić information content (AvgIpc) is 3.42. The Bertz CT molecular complexity index is 1340. The lowest BCUT2D eigenvalue weighted by atomic mass is 10.1. The quantitative estimate of drug-likeness (QED) is 0.146. The molecule has 0 bridgehead atoms. The number of hydrogen-bond donors (Lipinski definition) is 1. The predicted octanol–water partition coefficient (Wildman–Crippen LogP) is 6.48. The molecule has 226 valence electrons. The standard InChI is InChI=1S/C34H37O8P/c35-21-31-33(37-22-27-13-5-1-6-14-27)34(38-23-28-15-7-2-8-16-28)32(42-31)26-41-43(36,39-24-29-17-9-3-10-18-29)40-25-30-19-11-4-12-20-30/h1-20,31-35H,21-26H2. The lowest BCUT2D eigenvalue weighted by Crippen LogP contribution is -2.39. The zero-order valence-electron chi connectivity index (χ0n) is 23.9. The first-order valence-corrected chi connectivity index (χ1v) is 15.8. The Labute approximate surface area is 252 Å². The highest BCUT2D eigenvalue weighted by Gasteiger charge is 2.47. The molecule has 1 aliphatic heterocycles. The summed E-state index contributed by atoms with van der Waals surface area (Å²) in [6.07, 6.45) is -2.61. The van der Waals surface area contributed by atoms with E-state index in [0.29, 0.717) is 13.2 Å². The van der Waals surface area contributed by atoms with Crippen LogP contribution in [-0.4, -0.2) is 42.7 Å². The molecule has 4 aromatic carbocycles. The van der Waals surface area contributed by atoms with Crippen LogP contribution in [0.15, 0.2) is 121 Å². The van der Waals surface area contributed by atoms with E-state index in [9.17, 15) is 9.67 Å². The minimum Gasteiger partial charge on any atom is -0.394 e. The van der Waals surface area contributed by atoms with Gasteiger partial charge < -0.3 is 19.3 Å². The van der Waals surface area contributed by atoms with Gasteiger partial charge in [0.2, 0.25) is 0 Å². The molecule has 43 heavy (non-hydrogen) atoms. The Kier molecular flexibility index (Phi) is 11.7. The number of phosphoric acid groups is 1. The topological polar surface area (TPSA) is 92.7 Å². The van der Waals surface area contributed by atoms with E-state index in [4.69, 9.17) is 27.8 Å². The first kappa shape index (κ1) is 31.3. The zero-order chi connectivity index (χ0) is 29.7. The smallest absolute Gasteiger partial charge is 0.394 e. The molecule has 1 fully saturated rings. The fourth-order valence-corrected chi connectivity index (χ4v) is 5.92. The maximum absolute atomic E-state index is 13.9. The van der Waals surface area contributed by atoms with Crippen LogP contribution < -0.4 is 0 Å². The zero-order valence-corrected chi connectivity index (χ0v) is 24.7. The summed E-state index contributed by atoms with van der Waals surface area (Å²) < 4.78 is 50.2. The van der Waals surface area contributed by atoms with Gasteiger partial charge in [-0.1, -0.05) is 121 Å². The van der Waals surface area contributed by atoms with Crippen LogP contribution in [0.5, 0.6) is 0 Å². The second-order valence-electron chi connectivity index (χ2n) is 10.2. The molecule has 1 N–H and O–H groups in total. The number of aliphatic hydroxyl groups excluding tert-OH is 1. The van der Waals surface area contributed by atoms with E-state index in [2.05, 4.69) is 0 Å². The van der Waals surface area contributed by atoms with Gasteiger partial charge in [-0.25, -0.2) is 4.57 Å². The first-order valence-electron chi connectivity index (χ1n) is 14.3. The van der Waals surface area contributed by atoms with Crippen molar-refractivity contribution in [2.45, 2.75) is 50.8 Å². The van der Waals surface area contributed by atoms with Gasteiger partial charge in [-0.3, -0.25) is 13.6 Å². The van der Waals surface area contributed by atoms with Gasteiger partial charge in [0.05, 0.1) is 39.6 Å². The van der Waals surface area contributed by atoms with Gasteiger partial charge in [-0.2, -0.15) is 0 Å². The number of benzene rings is 4. The largest absolute Gasteiger partial charge is 0.475 e. The first-order chi connectivity index (χ1) is 21.1. The summed E-state index contributed by atoms with van der Waals surface area (Å²) in [4.78, 5) is 0. The molecule has 0 radical (unpaired) electrons. The molecule has 1 aliphatic rings. The van der Waals surface area contributed by atoms with Gasteiger partial charge in [0, 0.05) is 0 Å². The number of hydrogen-bond acceptors (Lipinski definition) is 8. The molecule has 0 spiro atoms. The van der Waals surface area contributed by atoms with Crippen LogP contribution in [0.4, 0.5) is 0 Å². The molecule has 4 aromatic rings. The maximum atomic E-state index is 13.9. The van der Waals surface area contributed by atoms with E-state index in [0.717, 1.165) is 22.3 Å². The van der Waals surface area contributed by atoms with Gasteiger partial charge in [0.1, 0.15) is 24.4 Å². The molecule has 0 aromatic heterocycles. The van der Waals surface area contributed by atoms with E-state index in [1.165, 1.54) is 0 Å². The monoisotopic (exact) mass is 604 g/mol. The Morgan fingerprint density at radius 3 is 1.30 bits per heavy atom. The van der Waals surface area contributed by atoms with Gasteiger partial charge >= 0.3 is 7.82 Å². The highest BCUT2D eigenvalue weighted by Crippen LogP contribution is 2.51. The molecule has 4 unspecified atom stereocenters. The van der Waals surface area contributed by atoms with Crippen LogP contribution >= 0.6 is 7.82 Å². The maximum Gasteiger partial charge on any atom is 0.475 e. The van der Waals surface area contributed by atoms with Crippen LogP contribution in [0, 0.1) is 0 Å². The minimum absolute atomic E-state index is 0.0362. The lowest BCUT2D eigenvalue weighted by molar-refractivity contribution is -0.0857. The molecule has 9 heteroatoms. The van der Waals surface area contributed by atoms with Crippen molar-refractivity contribution in [1.82, 2.24) is 0 Å². The van der Waals surface area contributed by atoms with Crippen molar-refractivity contribution in [1.29, 1.82) is 0 Å². The molecule has 1 heterocycles. The van der Waals surface area contributed by atoms with E-state index in [1.54, 1.807) is 0 Å². The van der Waals surface area contributed by atoms with Crippen molar-refractivity contribution in [2.75, 3.05) is 13.2 Å². The fraction of sp³-hybridized carbons (Fsp3) is 0.294. The number of aliphatic hydroxyl groups is 1. The molecular formula is C34H37O8P. The molecule has 0 saturated carbocycles. The van der Waals surface area contributed by atoms with Crippen molar-refractivity contribution in [3.8, 4) is 0 Å². The lowest BCUT2D eigenvalue weighted by Gasteiger charge is -2.26. The van der Waals surface area contributed by atoms with Crippen LogP contribution in [0.25, 0.3) is 0 Å². The van der Waals surface area contributed by atoms with E-state index < -0.39 is 32.2 Å². The summed E-state index contributed by atoms with van der Waals surface area (Å²) in [7, 11) is -4.06. The van der Waals surface area contributed by atoms with E-state index in [1.807, 2.05) is 121 Å². The Morgan fingerprint density at radius 2 is 0.907 bits per heavy atom. The van der Waals surface area contributed by atoms with Crippen LogP contribution in [0.2, 0.25) is 0 Å². The number of phosphoric ester groups is 1. The van der Waals surface area contributed by atoms with Crippen molar-refractivity contribution in [3.63, 3.8) is 0 Å². The molecule has 1 saturated heterocycles. The summed E-state index contributed by atoms with van der Waals surface area (Å²) in [6.45, 7) is 0.225. The van der Waals surface area contributed by atoms with Gasteiger partial charge in [-0.05, 0) is 22.3 Å². The molecular weight excluding hydrogens is 567 g/mol. The fourth-order valence-electron chi connectivity index (χ4n) is 4.75. The van der Waals surface area contributed by atoms with Crippen molar-refractivity contribution < 1.29 is 37.5 Å². The summed E-state index contributed by atoms with van der Waals surface area (Å²) in [5.41, 5.74) is 3.60. The Morgan fingerprint density at radius 1 is 0.535 bits per heavy atom. The normalized spacial score (nSPS) is 20.3. The third-order valence-electron chi connectivity index (χ3n) is 7.02. The van der Waals surface area contributed by atoms with Crippen molar-refractivity contribution in [3.05, 3.63) is 144 Å². The predicted molar refractivity (Wildman–Crippen MR) is 162 cm³/mol. The summed E-state index contributed by atoms with van der Waals surface area (Å²) in [6, 6.07) is 38.3. The van der Waals surface area contributed by atoms with E-state index >= 15 is 0 Å². The van der Waals surface area contributed by atoms with Crippen LogP contribution in [0.3, 0.4) is 0 Å². The number of ether oxygens (including phenoxy) is 3. The third kappa shape index (κ3) is 9.41. The van der Waals surface area contributed by atoms with Crippen LogP contribution in [-0.2, 0) is 58.8 Å². The van der Waals surface area contributed by atoms with Gasteiger partial charge in [0.15, 0.2) is 0 Å². The summed E-state index contributed by atoms with van der Waals surface area (Å²) in [5.74, 6) is 0. The Balaban J connectivity index is 1.30.